The van der Waals surface area contributed by atoms with Crippen LogP contribution in [0.2, 0.25) is 0 Å². The van der Waals surface area contributed by atoms with Gasteiger partial charge in [-0.15, -0.1) is 0 Å². The predicted molar refractivity (Wildman–Crippen MR) is 161 cm³/mol. The van der Waals surface area contributed by atoms with Crippen LogP contribution in [0.5, 0.6) is 0 Å². The molecule has 2 heteroatoms. The van der Waals surface area contributed by atoms with Crippen molar-refractivity contribution in [3.05, 3.63) is 138 Å². The number of anilines is 1. The van der Waals surface area contributed by atoms with Crippen LogP contribution in [0.1, 0.15) is 69.6 Å². The summed E-state index contributed by atoms with van der Waals surface area (Å²) in [5.41, 5.74) is 4.52. The molecule has 2 bridgehead atoms. The Morgan fingerprint density at radius 3 is 1.33 bits per heavy atom. The third-order valence-electron chi connectivity index (χ3n) is 9.69. The van der Waals surface area contributed by atoms with E-state index in [9.17, 15) is 4.79 Å². The molecule has 2 unspecified atom stereocenters. The number of benzene rings is 4. The fourth-order valence-corrected chi connectivity index (χ4v) is 8.87. The van der Waals surface area contributed by atoms with Gasteiger partial charge >= 0.3 is 0 Å². The largest absolute Gasteiger partial charge is 0.306 e. The molecule has 1 amide bonds. The fourth-order valence-electron chi connectivity index (χ4n) is 8.87. The molecule has 0 spiro atoms. The molecule has 198 valence electrons. The first kappa shape index (κ1) is 25.6. The van der Waals surface area contributed by atoms with Gasteiger partial charge in [0.05, 0.1) is 5.54 Å². The van der Waals surface area contributed by atoms with Gasteiger partial charge in [-0.2, -0.15) is 0 Å². The van der Waals surface area contributed by atoms with Gasteiger partial charge in [-0.3, -0.25) is 4.79 Å². The van der Waals surface area contributed by atoms with Crippen molar-refractivity contribution >= 4 is 11.6 Å². The zero-order chi connectivity index (χ0) is 27.1. The number of carbonyl (C=O) groups is 1. The van der Waals surface area contributed by atoms with Crippen molar-refractivity contribution in [3.8, 4) is 0 Å². The van der Waals surface area contributed by atoms with E-state index in [0.717, 1.165) is 37.8 Å². The minimum atomic E-state index is -0.352. The Balaban J connectivity index is 1.63. The Kier molecular flexibility index (Phi) is 6.25. The van der Waals surface area contributed by atoms with E-state index in [1.807, 2.05) is 6.07 Å². The first-order valence-electron chi connectivity index (χ1n) is 14.3. The van der Waals surface area contributed by atoms with Gasteiger partial charge in [0.25, 0.3) is 0 Å². The Hall–Kier alpha value is -3.65. The van der Waals surface area contributed by atoms with Crippen LogP contribution in [0, 0.1) is 0 Å². The summed E-state index contributed by atoms with van der Waals surface area (Å²) in [4.78, 5) is 16.0. The maximum atomic E-state index is 13.8. The molecule has 2 saturated carbocycles. The number of hydrogen-bond donors (Lipinski definition) is 0. The molecule has 2 atom stereocenters. The summed E-state index contributed by atoms with van der Waals surface area (Å²) in [5, 5.41) is 0. The third-order valence-corrected chi connectivity index (χ3v) is 9.69. The van der Waals surface area contributed by atoms with Crippen molar-refractivity contribution in [2.75, 3.05) is 4.90 Å². The Morgan fingerprint density at radius 1 is 0.538 bits per heavy atom. The van der Waals surface area contributed by atoms with E-state index in [4.69, 9.17) is 0 Å². The van der Waals surface area contributed by atoms with Crippen LogP contribution in [-0.2, 0) is 21.0 Å². The predicted octanol–water partition coefficient (Wildman–Crippen LogP) is 8.61. The van der Waals surface area contributed by atoms with E-state index in [-0.39, 0.29) is 27.7 Å². The summed E-state index contributed by atoms with van der Waals surface area (Å²) >= 11 is 0. The Labute approximate surface area is 233 Å². The Bertz CT molecular complexity index is 1370. The SMILES string of the molecule is CC(=O)N(c1ccccc1)C12CC(C)(c3ccccc3)CC(c3ccccc3)(CC(C)(c3ccccc3)C1)C2. The van der Waals surface area contributed by atoms with Crippen LogP contribution in [0.15, 0.2) is 121 Å². The van der Waals surface area contributed by atoms with E-state index < -0.39 is 0 Å². The molecule has 0 saturated heterocycles. The minimum absolute atomic E-state index is 0.0875. The van der Waals surface area contributed by atoms with Crippen LogP contribution in [-0.4, -0.2) is 11.4 Å². The minimum Gasteiger partial charge on any atom is -0.306 e. The average molecular weight is 514 g/mol. The lowest BCUT2D eigenvalue weighted by Gasteiger charge is -2.66. The second-order valence-electron chi connectivity index (χ2n) is 12.8. The number of para-hydroxylation sites is 1. The normalized spacial score (nSPS) is 29.9. The first-order chi connectivity index (χ1) is 18.8. The molecule has 2 nitrogen and oxygen atoms in total. The average Bonchev–Trinajstić information content (AvgIpc) is 2.94. The number of rotatable bonds is 5. The standard InChI is InChI=1S/C37H39NO/c1-29(39)38(33-22-14-7-15-23-33)37-26-34(2,30-16-8-4-9-17-30)24-36(28-37,32-20-12-6-13-21-32)25-35(3,27-37)31-18-10-5-11-19-31/h4-23H,24-28H2,1-3H3. The molecular weight excluding hydrogens is 474 g/mol. The van der Waals surface area contributed by atoms with Crippen LogP contribution >= 0.6 is 0 Å². The van der Waals surface area contributed by atoms with Crippen molar-refractivity contribution in [1.82, 2.24) is 0 Å². The summed E-state index contributed by atoms with van der Waals surface area (Å²) in [7, 11) is 0. The van der Waals surface area contributed by atoms with Crippen molar-refractivity contribution in [1.29, 1.82) is 0 Å². The van der Waals surface area contributed by atoms with E-state index in [2.05, 4.69) is 134 Å². The molecule has 39 heavy (non-hydrogen) atoms. The molecule has 4 aromatic rings. The van der Waals surface area contributed by atoms with Gasteiger partial charge in [0.15, 0.2) is 0 Å². The number of hydrogen-bond acceptors (Lipinski definition) is 1. The summed E-state index contributed by atoms with van der Waals surface area (Å²) < 4.78 is 0. The van der Waals surface area contributed by atoms with Gasteiger partial charge in [0.1, 0.15) is 0 Å². The van der Waals surface area contributed by atoms with Crippen molar-refractivity contribution in [2.24, 2.45) is 0 Å². The van der Waals surface area contributed by atoms with E-state index in [0.29, 0.717) is 0 Å². The third kappa shape index (κ3) is 4.40. The molecule has 2 aliphatic carbocycles. The highest BCUT2D eigenvalue weighted by molar-refractivity contribution is 5.93. The first-order valence-corrected chi connectivity index (χ1v) is 14.3. The quantitative estimate of drug-likeness (QED) is 0.262. The fraction of sp³-hybridized carbons (Fsp3) is 0.324. The summed E-state index contributed by atoms with van der Waals surface area (Å²) in [6.07, 6.45) is 4.92. The molecule has 2 aliphatic rings. The van der Waals surface area contributed by atoms with Gasteiger partial charge in [-0.05, 0) is 77.2 Å². The van der Waals surface area contributed by atoms with Gasteiger partial charge in [-0.1, -0.05) is 123 Å². The zero-order valence-corrected chi connectivity index (χ0v) is 23.4. The second kappa shape index (κ2) is 9.52. The van der Waals surface area contributed by atoms with Gasteiger partial charge < -0.3 is 4.90 Å². The topological polar surface area (TPSA) is 20.3 Å². The maximum absolute atomic E-state index is 13.8. The molecule has 0 heterocycles. The monoisotopic (exact) mass is 513 g/mol. The number of carbonyl (C=O) groups excluding carboxylic acids is 1. The van der Waals surface area contributed by atoms with E-state index >= 15 is 0 Å². The molecule has 0 radical (unpaired) electrons. The lowest BCUT2D eigenvalue weighted by molar-refractivity contribution is -0.119. The summed E-state index contributed by atoms with van der Waals surface area (Å²) in [5.74, 6) is 0.123. The molecule has 4 aromatic carbocycles. The van der Waals surface area contributed by atoms with E-state index in [1.165, 1.54) is 16.7 Å². The molecule has 0 N–H and O–H groups in total. The van der Waals surface area contributed by atoms with Crippen molar-refractivity contribution in [2.45, 2.75) is 74.7 Å². The lowest BCUT2D eigenvalue weighted by Crippen LogP contribution is -2.67. The second-order valence-corrected chi connectivity index (χ2v) is 12.8. The summed E-state index contributed by atoms with van der Waals surface area (Å²) in [6, 6.07) is 43.6. The van der Waals surface area contributed by atoms with Crippen LogP contribution in [0.25, 0.3) is 0 Å². The van der Waals surface area contributed by atoms with Crippen LogP contribution in [0.4, 0.5) is 5.69 Å². The highest BCUT2D eigenvalue weighted by Crippen LogP contribution is 2.65. The molecule has 0 aliphatic heterocycles. The smallest absolute Gasteiger partial charge is 0.224 e. The van der Waals surface area contributed by atoms with Crippen LogP contribution in [0.3, 0.4) is 0 Å². The van der Waals surface area contributed by atoms with Crippen molar-refractivity contribution in [3.63, 3.8) is 0 Å². The lowest BCUT2D eigenvalue weighted by atomic mass is 9.43. The van der Waals surface area contributed by atoms with Gasteiger partial charge in [0, 0.05) is 12.6 Å². The van der Waals surface area contributed by atoms with Gasteiger partial charge in [0.2, 0.25) is 5.91 Å². The van der Waals surface area contributed by atoms with Crippen LogP contribution < -0.4 is 4.90 Å². The molecule has 2 fully saturated rings. The van der Waals surface area contributed by atoms with Crippen molar-refractivity contribution < 1.29 is 4.79 Å². The maximum Gasteiger partial charge on any atom is 0.224 e. The number of fused-ring (bicyclic) bond motifs is 2. The number of nitrogens with zero attached hydrogens (tertiary/aromatic N) is 1. The highest BCUT2D eigenvalue weighted by atomic mass is 16.2. The molecule has 6 rings (SSSR count). The van der Waals surface area contributed by atoms with Gasteiger partial charge in [-0.25, -0.2) is 0 Å². The molecule has 0 aromatic heterocycles. The zero-order valence-electron chi connectivity index (χ0n) is 23.4. The van der Waals surface area contributed by atoms with E-state index in [1.54, 1.807) is 6.92 Å². The summed E-state index contributed by atoms with van der Waals surface area (Å²) in [6.45, 7) is 6.65. The number of amides is 1. The highest BCUT2D eigenvalue weighted by Gasteiger charge is 2.63. The Morgan fingerprint density at radius 2 is 0.923 bits per heavy atom. The molecular formula is C37H39NO.